The Morgan fingerprint density at radius 2 is 1.85 bits per heavy atom. The zero-order valence-corrected chi connectivity index (χ0v) is 18.6. The van der Waals surface area contributed by atoms with Crippen molar-refractivity contribution in [2.45, 2.75) is 32.4 Å². The van der Waals surface area contributed by atoms with Gasteiger partial charge < -0.3 is 31.9 Å². The number of hydrogen-bond donors (Lipinski definition) is 6. The molecule has 0 aliphatic carbocycles. The minimum absolute atomic E-state index is 0.0135. The summed E-state index contributed by atoms with van der Waals surface area (Å²) in [5, 5.41) is 27.5. The van der Waals surface area contributed by atoms with Gasteiger partial charge in [-0.25, -0.2) is 9.78 Å². The molecule has 0 saturated carbocycles. The Morgan fingerprint density at radius 3 is 2.41 bits per heavy atom. The molecule has 2 aromatic rings. The van der Waals surface area contributed by atoms with Gasteiger partial charge in [-0.05, 0) is 37.6 Å². The average Bonchev–Trinajstić information content (AvgIpc) is 2.76. The van der Waals surface area contributed by atoms with Crippen molar-refractivity contribution in [3.05, 3.63) is 53.1 Å². The molecular weight excluding hydrogens is 444 g/mol. The summed E-state index contributed by atoms with van der Waals surface area (Å²) in [5.74, 6) is -3.53. The fraction of sp³-hybridized carbons (Fsp3) is 0.286. The lowest BCUT2D eigenvalue weighted by Gasteiger charge is -2.20. The third kappa shape index (κ3) is 7.25. The predicted molar refractivity (Wildman–Crippen MR) is 124 cm³/mol. The number of hydrogen-bond acceptors (Lipinski definition) is 7. The largest absolute Gasteiger partial charge is 0.481 e. The molecule has 1 heterocycles. The first kappa shape index (κ1) is 25.7. The Balaban J connectivity index is 2.10. The molecule has 13 heteroatoms. The van der Waals surface area contributed by atoms with Gasteiger partial charge in [0.1, 0.15) is 11.7 Å². The molecule has 8 N–H and O–H groups in total. The van der Waals surface area contributed by atoms with E-state index in [1.165, 1.54) is 12.1 Å². The van der Waals surface area contributed by atoms with Crippen molar-refractivity contribution in [1.29, 1.82) is 5.41 Å². The van der Waals surface area contributed by atoms with Gasteiger partial charge in [-0.1, -0.05) is 0 Å². The molecule has 0 saturated heterocycles. The second-order valence-corrected chi connectivity index (χ2v) is 7.38. The Kier molecular flexibility index (Phi) is 8.59. The normalized spacial score (nSPS) is 12.0. The lowest BCUT2D eigenvalue weighted by atomic mass is 10.1. The van der Waals surface area contributed by atoms with Gasteiger partial charge in [-0.2, -0.15) is 4.99 Å². The summed E-state index contributed by atoms with van der Waals surface area (Å²) in [6.07, 6.45) is 0.983. The number of rotatable bonds is 10. The van der Waals surface area contributed by atoms with Gasteiger partial charge in [0.15, 0.2) is 5.84 Å². The van der Waals surface area contributed by atoms with Crippen molar-refractivity contribution in [3.63, 3.8) is 0 Å². The van der Waals surface area contributed by atoms with E-state index < -0.39 is 29.8 Å². The number of nitrogens with one attached hydrogen (secondary N) is 2. The highest BCUT2D eigenvalue weighted by Crippen LogP contribution is 2.17. The number of carboxylic acids is 2. The van der Waals surface area contributed by atoms with E-state index in [9.17, 15) is 19.5 Å². The summed E-state index contributed by atoms with van der Waals surface area (Å²) in [7, 11) is 1.80. The van der Waals surface area contributed by atoms with Crippen LogP contribution in [0.1, 0.15) is 40.3 Å². The van der Waals surface area contributed by atoms with Gasteiger partial charge in [0, 0.05) is 24.7 Å². The van der Waals surface area contributed by atoms with Crippen LogP contribution in [-0.4, -0.2) is 62.9 Å². The fourth-order valence-electron chi connectivity index (χ4n) is 2.96. The molecule has 0 spiro atoms. The number of carbonyl (C=O) groups excluding carboxylic acids is 1. The van der Waals surface area contributed by atoms with Crippen LogP contribution in [0.5, 0.6) is 0 Å². The van der Waals surface area contributed by atoms with Crippen LogP contribution >= 0.6 is 0 Å². The third-order valence-electron chi connectivity index (χ3n) is 4.71. The predicted octanol–water partition coefficient (Wildman–Crippen LogP) is 0.0680. The van der Waals surface area contributed by atoms with Gasteiger partial charge in [-0.15, -0.1) is 0 Å². The average molecular weight is 470 g/mol. The summed E-state index contributed by atoms with van der Waals surface area (Å²) >= 11 is 0. The first-order valence-electron chi connectivity index (χ1n) is 10.1. The molecule has 1 atom stereocenters. The molecule has 0 radical (unpaired) electrons. The van der Waals surface area contributed by atoms with Gasteiger partial charge in [-0.3, -0.25) is 20.0 Å². The van der Waals surface area contributed by atoms with E-state index in [0.717, 1.165) is 5.69 Å². The summed E-state index contributed by atoms with van der Waals surface area (Å²) in [6, 6.07) is 5.10. The van der Waals surface area contributed by atoms with E-state index in [4.69, 9.17) is 22.0 Å². The number of amidine groups is 1. The Hall–Kier alpha value is -4.55. The maximum atomic E-state index is 12.4. The number of carbonyl (C=O) groups is 3. The molecule has 0 fully saturated rings. The van der Waals surface area contributed by atoms with Crippen LogP contribution in [0.25, 0.3) is 0 Å². The zero-order valence-electron chi connectivity index (χ0n) is 18.6. The summed E-state index contributed by atoms with van der Waals surface area (Å²) in [5.41, 5.74) is 13.5. The lowest BCUT2D eigenvalue weighted by Crippen LogP contribution is -2.41. The standard InChI is InChI=1S/C21H26N8O5/c1-11-17(18(22)28-21(23)24)26-13(9-25-11)10-29(2)14-5-3-12(4-6-14)19(32)27-15(20(33)34)7-8-16(30)31/h3-6,9,15H,7-8,10H2,1-2H3,(H,27,32)(H,30,31)(H,33,34)(H5,22,23,24,28). The first-order chi connectivity index (χ1) is 16.0. The second kappa shape index (κ2) is 11.4. The van der Waals surface area contributed by atoms with Crippen molar-refractivity contribution < 1.29 is 24.6 Å². The number of guanidine groups is 1. The third-order valence-corrected chi connectivity index (χ3v) is 4.71. The minimum Gasteiger partial charge on any atom is -0.481 e. The fourth-order valence-corrected chi connectivity index (χ4v) is 2.96. The number of benzene rings is 1. The number of aliphatic carboxylic acids is 2. The van der Waals surface area contributed by atoms with Crippen LogP contribution in [0.15, 0.2) is 35.5 Å². The van der Waals surface area contributed by atoms with E-state index in [2.05, 4.69) is 20.3 Å². The van der Waals surface area contributed by atoms with E-state index in [-0.39, 0.29) is 24.2 Å². The zero-order chi connectivity index (χ0) is 25.4. The number of carboxylic acid groups (broad SMARTS) is 2. The molecule has 13 nitrogen and oxygen atoms in total. The van der Waals surface area contributed by atoms with Crippen molar-refractivity contribution >= 4 is 35.3 Å². The molecule has 0 bridgehead atoms. The molecule has 0 aliphatic rings. The van der Waals surface area contributed by atoms with Crippen LogP contribution in [0.3, 0.4) is 0 Å². The van der Waals surface area contributed by atoms with Crippen molar-refractivity contribution in [2.75, 3.05) is 11.9 Å². The second-order valence-electron chi connectivity index (χ2n) is 7.38. The highest BCUT2D eigenvalue weighted by Gasteiger charge is 2.21. The molecule has 1 aromatic heterocycles. The minimum atomic E-state index is -1.31. The van der Waals surface area contributed by atoms with E-state index in [0.29, 0.717) is 23.6 Å². The maximum Gasteiger partial charge on any atom is 0.326 e. The van der Waals surface area contributed by atoms with Crippen LogP contribution in [0.2, 0.25) is 0 Å². The Bertz CT molecular complexity index is 1120. The van der Waals surface area contributed by atoms with Gasteiger partial charge in [0.25, 0.3) is 5.91 Å². The number of aliphatic imine (C=N–C) groups is 1. The lowest BCUT2D eigenvalue weighted by molar-refractivity contribution is -0.140. The van der Waals surface area contributed by atoms with Gasteiger partial charge >= 0.3 is 11.9 Å². The maximum absolute atomic E-state index is 12.4. The van der Waals surface area contributed by atoms with Crippen molar-refractivity contribution in [3.8, 4) is 0 Å². The number of nitrogens with zero attached hydrogens (tertiary/aromatic N) is 4. The van der Waals surface area contributed by atoms with Crippen LogP contribution < -0.4 is 21.7 Å². The molecule has 180 valence electrons. The first-order valence-corrected chi connectivity index (χ1v) is 10.1. The van der Waals surface area contributed by atoms with E-state index in [1.54, 1.807) is 32.3 Å². The van der Waals surface area contributed by atoms with Crippen LogP contribution in [0.4, 0.5) is 5.69 Å². The molecule has 34 heavy (non-hydrogen) atoms. The summed E-state index contributed by atoms with van der Waals surface area (Å²) in [4.78, 5) is 48.6. The molecule has 0 aliphatic heterocycles. The topological polar surface area (TPSA) is 221 Å². The molecule has 1 amide bonds. The van der Waals surface area contributed by atoms with Crippen LogP contribution in [-0.2, 0) is 16.1 Å². The number of aromatic nitrogens is 2. The highest BCUT2D eigenvalue weighted by atomic mass is 16.4. The smallest absolute Gasteiger partial charge is 0.326 e. The number of amides is 1. The highest BCUT2D eigenvalue weighted by molar-refractivity contribution is 6.03. The Morgan fingerprint density at radius 1 is 1.21 bits per heavy atom. The SMILES string of the molecule is Cc1ncc(CN(C)c2ccc(C(=O)NC(CCC(=O)O)C(=O)O)cc2)nc1/C(N)=N\C(=N)N. The quantitative estimate of drug-likeness (QED) is 0.202. The van der Waals surface area contributed by atoms with Crippen molar-refractivity contribution in [1.82, 2.24) is 15.3 Å². The molecule has 2 rings (SSSR count). The molecule has 1 unspecified atom stereocenters. The molecule has 1 aromatic carbocycles. The van der Waals surface area contributed by atoms with Crippen LogP contribution in [0, 0.1) is 12.3 Å². The van der Waals surface area contributed by atoms with E-state index >= 15 is 0 Å². The van der Waals surface area contributed by atoms with E-state index in [1.807, 2.05) is 4.90 Å². The summed E-state index contributed by atoms with van der Waals surface area (Å²) in [6.45, 7) is 2.05. The van der Waals surface area contributed by atoms with Gasteiger partial charge in [0.2, 0.25) is 5.96 Å². The number of anilines is 1. The van der Waals surface area contributed by atoms with Crippen molar-refractivity contribution in [2.24, 2.45) is 16.5 Å². The monoisotopic (exact) mass is 470 g/mol. The summed E-state index contributed by atoms with van der Waals surface area (Å²) < 4.78 is 0. The number of nitrogens with two attached hydrogens (primary N) is 2. The number of aryl methyl sites for hydroxylation is 1. The Labute approximate surface area is 195 Å². The van der Waals surface area contributed by atoms with Gasteiger partial charge in [0.05, 0.1) is 24.1 Å². The molecular formula is C21H26N8O5.